The third kappa shape index (κ3) is 3.55. The van der Waals surface area contributed by atoms with Crippen LogP contribution in [0.2, 0.25) is 0 Å². The van der Waals surface area contributed by atoms with Crippen molar-refractivity contribution in [1.29, 1.82) is 0 Å². The summed E-state index contributed by atoms with van der Waals surface area (Å²) in [6.07, 6.45) is 0. The van der Waals surface area contributed by atoms with Gasteiger partial charge in [0, 0.05) is 11.1 Å². The smallest absolute Gasteiger partial charge is 0.00212 e. The number of hydrogen-bond acceptors (Lipinski definition) is 0. The largest absolute Gasteiger partial charge is 0.102 e. The fourth-order valence-corrected chi connectivity index (χ4v) is 1.12. The van der Waals surface area contributed by atoms with Crippen molar-refractivity contribution < 1.29 is 0 Å². The highest BCUT2D eigenvalue weighted by atomic mass is 14.0. The minimum Gasteiger partial charge on any atom is -0.102 e. The quantitative estimate of drug-likeness (QED) is 0.432. The Morgan fingerprint density at radius 1 is 0.643 bits per heavy atom. The Balaban J connectivity index is 5.27. The fraction of sp³-hybridized carbons (Fsp3) is 0.429. The first-order valence-corrected chi connectivity index (χ1v) is 4.75. The van der Waals surface area contributed by atoms with Crippen molar-refractivity contribution in [3.63, 3.8) is 0 Å². The van der Waals surface area contributed by atoms with E-state index in [0.29, 0.717) is 0 Å². The Labute approximate surface area is 88.1 Å². The number of hydrogen-bond donors (Lipinski definition) is 0. The van der Waals surface area contributed by atoms with Crippen molar-refractivity contribution in [1.82, 2.24) is 0 Å². The van der Waals surface area contributed by atoms with Gasteiger partial charge in [-0.05, 0) is 52.7 Å². The molecule has 0 aliphatic carbocycles. The molecule has 0 heterocycles. The molecule has 0 aromatic carbocycles. The molecule has 0 spiro atoms. The van der Waals surface area contributed by atoms with Gasteiger partial charge < -0.3 is 0 Å². The lowest BCUT2D eigenvalue weighted by molar-refractivity contribution is 1.25. The first-order chi connectivity index (χ1) is 6.54. The second-order valence-corrected chi connectivity index (χ2v) is 3.25. The maximum atomic E-state index is 3.07. The van der Waals surface area contributed by atoms with Crippen molar-refractivity contribution in [2.45, 2.75) is 41.5 Å². The molecule has 0 bridgehead atoms. The van der Waals surface area contributed by atoms with Crippen molar-refractivity contribution >= 4 is 0 Å². The van der Waals surface area contributed by atoms with E-state index < -0.39 is 0 Å². The van der Waals surface area contributed by atoms with Crippen LogP contribution in [0.1, 0.15) is 41.5 Å². The second-order valence-electron chi connectivity index (χ2n) is 3.25. The van der Waals surface area contributed by atoms with Crippen LogP contribution in [0.25, 0.3) is 0 Å². The molecule has 0 aliphatic rings. The van der Waals surface area contributed by atoms with Gasteiger partial charge in [-0.2, -0.15) is 0 Å². The molecule has 0 amide bonds. The molecule has 0 atom stereocenters. The van der Waals surface area contributed by atoms with Crippen LogP contribution in [0.15, 0.2) is 22.3 Å². The maximum Gasteiger partial charge on any atom is 0.00212 e. The van der Waals surface area contributed by atoms with E-state index in [-0.39, 0.29) is 0 Å². The van der Waals surface area contributed by atoms with Crippen LogP contribution >= 0.6 is 0 Å². The molecule has 0 aromatic rings. The van der Waals surface area contributed by atoms with Gasteiger partial charge >= 0.3 is 0 Å². The normalized spacial score (nSPS) is 12.7. The van der Waals surface area contributed by atoms with E-state index in [0.717, 1.165) is 11.1 Å². The third-order valence-corrected chi connectivity index (χ3v) is 2.31. The summed E-state index contributed by atoms with van der Waals surface area (Å²) in [5.41, 5.74) is 4.73. The second kappa shape index (κ2) is 6.11. The lowest BCUT2D eigenvalue weighted by Gasteiger charge is -2.04. The molecule has 0 nitrogen and oxygen atoms in total. The van der Waals surface area contributed by atoms with Gasteiger partial charge in [0.05, 0.1) is 0 Å². The molecule has 0 saturated carbocycles. The first kappa shape index (κ1) is 12.6. The summed E-state index contributed by atoms with van der Waals surface area (Å²) in [5, 5.41) is 0. The van der Waals surface area contributed by atoms with Crippen LogP contribution in [-0.2, 0) is 0 Å². The van der Waals surface area contributed by atoms with Gasteiger partial charge in [-0.15, -0.1) is 11.8 Å². The molecule has 0 unspecified atom stereocenters. The van der Waals surface area contributed by atoms with E-state index in [1.165, 1.54) is 11.1 Å². The minimum absolute atomic E-state index is 1.13. The van der Waals surface area contributed by atoms with E-state index in [4.69, 9.17) is 0 Å². The summed E-state index contributed by atoms with van der Waals surface area (Å²) in [6.45, 7) is 12.0. The summed E-state index contributed by atoms with van der Waals surface area (Å²) in [7, 11) is 0. The molecule has 0 saturated heterocycles. The zero-order valence-electron chi connectivity index (χ0n) is 10.0. The summed E-state index contributed by atoms with van der Waals surface area (Å²) in [4.78, 5) is 0. The Bertz CT molecular complexity index is 341. The number of allylic oxidation sites excluding steroid dienone is 4. The molecule has 0 aliphatic heterocycles. The molecule has 0 N–H and O–H groups in total. The van der Waals surface area contributed by atoms with Gasteiger partial charge in [0.1, 0.15) is 0 Å². The Morgan fingerprint density at radius 3 is 1.14 bits per heavy atom. The lowest BCUT2D eigenvalue weighted by Crippen LogP contribution is -1.88. The molecule has 0 rings (SSSR count). The summed E-state index contributed by atoms with van der Waals surface area (Å²) >= 11 is 0. The molecule has 0 heteroatoms. The van der Waals surface area contributed by atoms with E-state index in [2.05, 4.69) is 37.5 Å². The summed E-state index contributed by atoms with van der Waals surface area (Å²) in [6, 6.07) is 0. The van der Waals surface area contributed by atoms with Gasteiger partial charge in [-0.25, -0.2) is 0 Å². The van der Waals surface area contributed by atoms with Crippen molar-refractivity contribution in [2.75, 3.05) is 0 Å². The molecule has 0 radical (unpaired) electrons. The molecular weight excluding hydrogens is 168 g/mol. The standard InChI is InChI=1S/C14H18/c1-7-9-11(3)13(5)14(6)12(4)10-8-2/h1-6H3/b13-11+,14-12+. The highest BCUT2D eigenvalue weighted by Crippen LogP contribution is 2.16. The molecule has 0 fully saturated rings. The summed E-state index contributed by atoms with van der Waals surface area (Å²) in [5.74, 6) is 12.0. The van der Waals surface area contributed by atoms with E-state index in [9.17, 15) is 0 Å². The van der Waals surface area contributed by atoms with Crippen LogP contribution in [0, 0.1) is 23.7 Å². The Kier molecular flexibility index (Phi) is 5.50. The molecule has 0 aromatic heterocycles. The van der Waals surface area contributed by atoms with Crippen molar-refractivity contribution in [3.8, 4) is 23.7 Å². The van der Waals surface area contributed by atoms with Gasteiger partial charge in [0.15, 0.2) is 0 Å². The van der Waals surface area contributed by atoms with Crippen LogP contribution in [0.5, 0.6) is 0 Å². The third-order valence-electron chi connectivity index (χ3n) is 2.31. The molecular formula is C14H18. The average Bonchev–Trinajstić information content (AvgIpc) is 2.16. The van der Waals surface area contributed by atoms with Crippen molar-refractivity contribution in [3.05, 3.63) is 22.3 Å². The van der Waals surface area contributed by atoms with Crippen LogP contribution < -0.4 is 0 Å². The van der Waals surface area contributed by atoms with Gasteiger partial charge in [0.2, 0.25) is 0 Å². The van der Waals surface area contributed by atoms with E-state index in [1.54, 1.807) is 0 Å². The zero-order chi connectivity index (χ0) is 11.1. The SMILES string of the molecule is CC#C/C(C)=C(C)/C(C)=C(\C)C#CC. The monoisotopic (exact) mass is 186 g/mol. The Morgan fingerprint density at radius 2 is 0.929 bits per heavy atom. The minimum atomic E-state index is 1.13. The van der Waals surface area contributed by atoms with Gasteiger partial charge in [0.25, 0.3) is 0 Å². The lowest BCUT2D eigenvalue weighted by atomic mass is 10.00. The molecule has 14 heavy (non-hydrogen) atoms. The highest BCUT2D eigenvalue weighted by Gasteiger charge is 1.99. The summed E-state index contributed by atoms with van der Waals surface area (Å²) < 4.78 is 0. The topological polar surface area (TPSA) is 0 Å². The van der Waals surface area contributed by atoms with Gasteiger partial charge in [-0.1, -0.05) is 11.8 Å². The van der Waals surface area contributed by atoms with Crippen LogP contribution in [0.3, 0.4) is 0 Å². The first-order valence-electron chi connectivity index (χ1n) is 4.75. The molecule has 74 valence electrons. The zero-order valence-corrected chi connectivity index (χ0v) is 10.0. The van der Waals surface area contributed by atoms with Crippen molar-refractivity contribution in [2.24, 2.45) is 0 Å². The average molecular weight is 186 g/mol. The maximum absolute atomic E-state index is 3.07. The highest BCUT2D eigenvalue weighted by molar-refractivity contribution is 5.46. The van der Waals surface area contributed by atoms with E-state index in [1.807, 2.05) is 27.7 Å². The number of rotatable bonds is 1. The van der Waals surface area contributed by atoms with Crippen LogP contribution in [0.4, 0.5) is 0 Å². The van der Waals surface area contributed by atoms with Gasteiger partial charge in [-0.3, -0.25) is 0 Å². The van der Waals surface area contributed by atoms with Crippen LogP contribution in [-0.4, -0.2) is 0 Å². The predicted octanol–water partition coefficient (Wildman–Crippen LogP) is 3.71. The Hall–Kier alpha value is -1.40. The fourth-order valence-electron chi connectivity index (χ4n) is 1.12. The van der Waals surface area contributed by atoms with E-state index >= 15 is 0 Å². The predicted molar refractivity (Wildman–Crippen MR) is 63.6 cm³/mol.